The molecule has 2 aliphatic heterocycles. The van der Waals surface area contributed by atoms with Crippen LogP contribution in [0.4, 0.5) is 4.79 Å². The standard InChI is InChI=1S/C28H38N4O5/c1-31-16-23(36-19-27(31)33)17-37-28(34)32-15-5-8-24(25-13-14-29-30-25)26(32)18-35-22-11-9-21(10-12-22)20-6-3-2-4-7-20/h2-4,6-7,13-14,21-24,26H,5,8-12,15-19H2,1H3,(H,29,30)/t21?,22?,23-,24-,26+/m1/s1. The van der Waals surface area contributed by atoms with Gasteiger partial charge in [0.1, 0.15) is 19.3 Å². The number of ether oxygens (including phenoxy) is 3. The van der Waals surface area contributed by atoms with Crippen LogP contribution in [0, 0.1) is 0 Å². The summed E-state index contributed by atoms with van der Waals surface area (Å²) in [5.74, 6) is 0.645. The van der Waals surface area contributed by atoms with Gasteiger partial charge in [-0.05, 0) is 56.1 Å². The number of aromatic nitrogens is 2. The Morgan fingerprint density at radius 2 is 1.92 bits per heavy atom. The molecule has 5 rings (SSSR count). The van der Waals surface area contributed by atoms with Crippen molar-refractivity contribution < 1.29 is 23.8 Å². The Balaban J connectivity index is 1.19. The van der Waals surface area contributed by atoms with Crippen LogP contribution in [0.5, 0.6) is 0 Å². The molecule has 9 heteroatoms. The van der Waals surface area contributed by atoms with Crippen LogP contribution < -0.4 is 0 Å². The maximum Gasteiger partial charge on any atom is 0.410 e. The number of likely N-dealkylation sites (tertiary alicyclic amines) is 1. The Labute approximate surface area is 218 Å². The van der Waals surface area contributed by atoms with E-state index in [1.807, 2.05) is 11.0 Å². The molecule has 1 N–H and O–H groups in total. The Morgan fingerprint density at radius 3 is 2.65 bits per heavy atom. The van der Waals surface area contributed by atoms with Gasteiger partial charge in [-0.1, -0.05) is 30.3 Å². The first kappa shape index (κ1) is 25.7. The minimum absolute atomic E-state index is 0.0211. The number of morpholine rings is 1. The van der Waals surface area contributed by atoms with Crippen molar-refractivity contribution in [2.45, 2.75) is 68.6 Å². The summed E-state index contributed by atoms with van der Waals surface area (Å²) in [6.45, 7) is 1.66. The first-order valence-corrected chi connectivity index (χ1v) is 13.5. The van der Waals surface area contributed by atoms with Crippen molar-refractivity contribution >= 4 is 12.0 Å². The number of hydrogen-bond donors (Lipinski definition) is 1. The molecule has 3 atom stereocenters. The number of hydrogen-bond acceptors (Lipinski definition) is 6. The van der Waals surface area contributed by atoms with Crippen molar-refractivity contribution in [3.8, 4) is 0 Å². The summed E-state index contributed by atoms with van der Waals surface area (Å²) >= 11 is 0. The summed E-state index contributed by atoms with van der Waals surface area (Å²) in [6.07, 6.45) is 7.42. The van der Waals surface area contributed by atoms with E-state index in [1.165, 1.54) is 5.56 Å². The number of carbonyl (C=O) groups excluding carboxylic acids is 2. The number of nitrogens with zero attached hydrogens (tertiary/aromatic N) is 3. The number of amides is 2. The predicted molar refractivity (Wildman–Crippen MR) is 137 cm³/mol. The van der Waals surface area contributed by atoms with Crippen LogP contribution in [0.1, 0.15) is 61.6 Å². The first-order chi connectivity index (χ1) is 18.1. The summed E-state index contributed by atoms with van der Waals surface area (Å²) in [7, 11) is 1.74. The highest BCUT2D eigenvalue weighted by Gasteiger charge is 2.38. The first-order valence-electron chi connectivity index (χ1n) is 13.5. The molecule has 2 saturated heterocycles. The van der Waals surface area contributed by atoms with Gasteiger partial charge >= 0.3 is 6.09 Å². The van der Waals surface area contributed by atoms with Gasteiger partial charge < -0.3 is 24.0 Å². The Kier molecular flexibility index (Phi) is 8.41. The molecule has 0 spiro atoms. The molecule has 1 aromatic heterocycles. The lowest BCUT2D eigenvalue weighted by atomic mass is 9.82. The van der Waals surface area contributed by atoms with Crippen molar-refractivity contribution in [2.75, 3.05) is 40.0 Å². The van der Waals surface area contributed by atoms with Gasteiger partial charge in [0.25, 0.3) is 0 Å². The van der Waals surface area contributed by atoms with Crippen LogP contribution in [0.2, 0.25) is 0 Å². The summed E-state index contributed by atoms with van der Waals surface area (Å²) < 4.78 is 17.7. The van der Waals surface area contributed by atoms with E-state index in [0.29, 0.717) is 25.6 Å². The van der Waals surface area contributed by atoms with Crippen molar-refractivity contribution in [3.05, 3.63) is 53.9 Å². The van der Waals surface area contributed by atoms with Crippen LogP contribution in [-0.4, -0.2) is 90.2 Å². The number of nitrogens with one attached hydrogen (secondary N) is 1. The van der Waals surface area contributed by atoms with Crippen molar-refractivity contribution in [2.24, 2.45) is 0 Å². The number of rotatable bonds is 7. The van der Waals surface area contributed by atoms with Crippen LogP contribution >= 0.6 is 0 Å². The lowest BCUT2D eigenvalue weighted by molar-refractivity contribution is -0.149. The van der Waals surface area contributed by atoms with Crippen molar-refractivity contribution in [1.82, 2.24) is 20.0 Å². The Morgan fingerprint density at radius 1 is 1.11 bits per heavy atom. The molecule has 2 aromatic rings. The minimum Gasteiger partial charge on any atom is -0.447 e. The molecule has 37 heavy (non-hydrogen) atoms. The molecular formula is C28H38N4O5. The van der Waals surface area contributed by atoms with Gasteiger partial charge in [0, 0.05) is 37.9 Å². The zero-order chi connectivity index (χ0) is 25.6. The maximum atomic E-state index is 13.2. The minimum atomic E-state index is -0.353. The second-order valence-electron chi connectivity index (χ2n) is 10.5. The number of benzene rings is 1. The zero-order valence-electron chi connectivity index (χ0n) is 21.6. The molecule has 3 fully saturated rings. The fourth-order valence-electron chi connectivity index (χ4n) is 5.96. The van der Waals surface area contributed by atoms with Crippen LogP contribution in [0.15, 0.2) is 42.6 Å². The highest BCUT2D eigenvalue weighted by atomic mass is 16.6. The lowest BCUT2D eigenvalue weighted by Gasteiger charge is -2.41. The average Bonchev–Trinajstić information content (AvgIpc) is 3.48. The molecule has 1 aliphatic carbocycles. The third-order valence-corrected chi connectivity index (χ3v) is 8.12. The van der Waals surface area contributed by atoms with Gasteiger partial charge in [-0.3, -0.25) is 9.89 Å². The Bertz CT molecular complexity index is 1010. The van der Waals surface area contributed by atoms with E-state index < -0.39 is 0 Å². The van der Waals surface area contributed by atoms with Crippen LogP contribution in [0.25, 0.3) is 0 Å². The summed E-state index contributed by atoms with van der Waals surface area (Å²) in [4.78, 5) is 28.4. The van der Waals surface area contributed by atoms with Crippen molar-refractivity contribution in [1.29, 1.82) is 0 Å². The predicted octanol–water partition coefficient (Wildman–Crippen LogP) is 3.69. The monoisotopic (exact) mass is 510 g/mol. The number of H-pyrrole nitrogens is 1. The van der Waals surface area contributed by atoms with Crippen LogP contribution in [-0.2, 0) is 19.0 Å². The van der Waals surface area contributed by atoms with E-state index in [0.717, 1.165) is 44.2 Å². The molecule has 1 saturated carbocycles. The number of carbonyl (C=O) groups is 2. The number of piperidine rings is 1. The molecular weight excluding hydrogens is 472 g/mol. The van der Waals surface area contributed by atoms with Gasteiger partial charge in [0.15, 0.2) is 0 Å². The van der Waals surface area contributed by atoms with Gasteiger partial charge in [0.05, 0.1) is 18.8 Å². The summed E-state index contributed by atoms with van der Waals surface area (Å²) in [6, 6.07) is 12.6. The fourth-order valence-corrected chi connectivity index (χ4v) is 5.96. The van der Waals surface area contributed by atoms with E-state index >= 15 is 0 Å². The van der Waals surface area contributed by atoms with Gasteiger partial charge in [0.2, 0.25) is 5.91 Å². The third kappa shape index (κ3) is 6.33. The second-order valence-corrected chi connectivity index (χ2v) is 10.5. The molecule has 0 bridgehead atoms. The van der Waals surface area contributed by atoms with Gasteiger partial charge in [-0.2, -0.15) is 5.10 Å². The van der Waals surface area contributed by atoms with Crippen molar-refractivity contribution in [3.63, 3.8) is 0 Å². The molecule has 0 radical (unpaired) electrons. The topological polar surface area (TPSA) is 97.0 Å². The highest BCUT2D eigenvalue weighted by Crippen LogP contribution is 2.36. The molecule has 1 aromatic carbocycles. The van der Waals surface area contributed by atoms with E-state index in [-0.39, 0.29) is 49.4 Å². The van der Waals surface area contributed by atoms with Crippen LogP contribution in [0.3, 0.4) is 0 Å². The normalized spacial score (nSPS) is 28.8. The maximum absolute atomic E-state index is 13.2. The van der Waals surface area contributed by atoms with E-state index in [1.54, 1.807) is 18.1 Å². The molecule has 2 amide bonds. The molecule has 9 nitrogen and oxygen atoms in total. The third-order valence-electron chi connectivity index (χ3n) is 8.12. The van der Waals surface area contributed by atoms with E-state index in [9.17, 15) is 9.59 Å². The number of aromatic amines is 1. The second kappa shape index (κ2) is 12.1. The fraction of sp³-hybridized carbons (Fsp3) is 0.607. The molecule has 0 unspecified atom stereocenters. The number of likely N-dealkylation sites (N-methyl/N-ethyl adjacent to an activating group) is 1. The van der Waals surface area contributed by atoms with E-state index in [4.69, 9.17) is 14.2 Å². The smallest absolute Gasteiger partial charge is 0.410 e. The molecule has 3 aliphatic rings. The Hall–Kier alpha value is -2.91. The average molecular weight is 511 g/mol. The molecule has 3 heterocycles. The SMILES string of the molecule is CN1C[C@H](COC(=O)N2CCC[C@H](c3ccn[nH]3)[C@@H]2COC2CCC(c3ccccc3)CC2)OCC1=O. The largest absolute Gasteiger partial charge is 0.447 e. The summed E-state index contributed by atoms with van der Waals surface area (Å²) in [5.41, 5.74) is 2.44. The molecule has 200 valence electrons. The quantitative estimate of drug-likeness (QED) is 0.610. The van der Waals surface area contributed by atoms with E-state index in [2.05, 4.69) is 40.5 Å². The highest BCUT2D eigenvalue weighted by molar-refractivity contribution is 5.77. The summed E-state index contributed by atoms with van der Waals surface area (Å²) in [5, 5.41) is 7.26. The zero-order valence-corrected chi connectivity index (χ0v) is 21.6. The van der Waals surface area contributed by atoms with Gasteiger partial charge in [-0.15, -0.1) is 0 Å². The lowest BCUT2D eigenvalue weighted by Crippen LogP contribution is -2.52. The van der Waals surface area contributed by atoms with Gasteiger partial charge in [-0.25, -0.2) is 4.79 Å².